The molecule has 0 spiro atoms. The fraction of sp³-hybridized carbons (Fsp3) is 0.522. The van der Waals surface area contributed by atoms with Crippen molar-refractivity contribution in [2.75, 3.05) is 39.0 Å². The molecule has 3 rings (SSSR count). The van der Waals surface area contributed by atoms with Crippen LogP contribution in [0.3, 0.4) is 0 Å². The zero-order chi connectivity index (χ0) is 21.2. The van der Waals surface area contributed by atoms with Gasteiger partial charge in [0.25, 0.3) is 0 Å². The number of thiophene rings is 1. The van der Waals surface area contributed by atoms with Crippen LogP contribution in [0, 0.1) is 5.92 Å². The first kappa shape index (κ1) is 23.0. The molecule has 1 aliphatic heterocycles. The largest absolute Gasteiger partial charge is 0.355 e. The van der Waals surface area contributed by atoms with E-state index in [1.165, 1.54) is 17.7 Å². The van der Waals surface area contributed by atoms with E-state index in [9.17, 15) is 4.21 Å². The van der Waals surface area contributed by atoms with Gasteiger partial charge in [-0.3, -0.25) is 14.1 Å². The summed E-state index contributed by atoms with van der Waals surface area (Å²) >= 11 is 1.83. The molecule has 1 aromatic carbocycles. The molecule has 2 heterocycles. The minimum Gasteiger partial charge on any atom is -0.355 e. The predicted octanol–water partition coefficient (Wildman–Crippen LogP) is 3.64. The first-order valence-corrected chi connectivity index (χ1v) is 13.1. The molecule has 0 bridgehead atoms. The summed E-state index contributed by atoms with van der Waals surface area (Å²) in [6.07, 6.45) is 2.53. The minimum atomic E-state index is -0.886. The number of nitrogens with one attached hydrogen (secondary N) is 2. The fourth-order valence-corrected chi connectivity index (χ4v) is 5.66. The van der Waals surface area contributed by atoms with Crippen LogP contribution in [0.5, 0.6) is 0 Å². The Bertz CT molecular complexity index is 787. The maximum atomic E-state index is 12.3. The Morgan fingerprint density at radius 2 is 1.97 bits per heavy atom. The van der Waals surface area contributed by atoms with Crippen LogP contribution in [0.2, 0.25) is 0 Å². The number of likely N-dealkylation sites (tertiary alicyclic amines) is 1. The van der Waals surface area contributed by atoms with Crippen molar-refractivity contribution in [1.29, 1.82) is 0 Å². The molecular weight excluding hydrogens is 412 g/mol. The Labute approximate surface area is 187 Å². The second-order valence-corrected chi connectivity index (χ2v) is 10.5. The van der Waals surface area contributed by atoms with E-state index in [1.54, 1.807) is 7.05 Å². The van der Waals surface area contributed by atoms with Crippen molar-refractivity contribution in [1.82, 2.24) is 15.5 Å². The number of nitrogens with zero attached hydrogens (tertiary/aromatic N) is 2. The first-order valence-electron chi connectivity index (χ1n) is 10.8. The summed E-state index contributed by atoms with van der Waals surface area (Å²) in [6.45, 7) is 6.11. The molecule has 7 heteroatoms. The Hall–Kier alpha value is -1.70. The summed E-state index contributed by atoms with van der Waals surface area (Å²) in [4.78, 5) is 8.36. The number of rotatable bonds is 9. The topological polar surface area (TPSA) is 56.7 Å². The molecule has 2 unspecified atom stereocenters. The van der Waals surface area contributed by atoms with Crippen LogP contribution in [0.1, 0.15) is 36.2 Å². The van der Waals surface area contributed by atoms with E-state index in [0.29, 0.717) is 24.1 Å². The van der Waals surface area contributed by atoms with Gasteiger partial charge in [0.05, 0.1) is 6.04 Å². The van der Waals surface area contributed by atoms with E-state index in [1.807, 2.05) is 41.7 Å². The molecule has 1 aromatic heterocycles. The summed E-state index contributed by atoms with van der Waals surface area (Å²) in [5, 5.41) is 8.98. The van der Waals surface area contributed by atoms with Crippen LogP contribution in [0.15, 0.2) is 52.8 Å². The van der Waals surface area contributed by atoms with Crippen LogP contribution in [-0.2, 0) is 16.6 Å². The lowest BCUT2D eigenvalue weighted by atomic mass is 9.97. The molecule has 2 aromatic rings. The highest BCUT2D eigenvalue weighted by molar-refractivity contribution is 7.84. The van der Waals surface area contributed by atoms with Gasteiger partial charge in [0.2, 0.25) is 0 Å². The molecule has 0 amide bonds. The molecule has 5 nitrogen and oxygen atoms in total. The maximum absolute atomic E-state index is 12.3. The Kier molecular flexibility index (Phi) is 9.36. The van der Waals surface area contributed by atoms with Gasteiger partial charge in [-0.15, -0.1) is 11.3 Å². The number of hydrogen-bond donors (Lipinski definition) is 2. The van der Waals surface area contributed by atoms with E-state index >= 15 is 0 Å². The van der Waals surface area contributed by atoms with E-state index in [2.05, 4.69) is 45.0 Å². The fourth-order valence-electron chi connectivity index (χ4n) is 3.76. The average molecular weight is 447 g/mol. The van der Waals surface area contributed by atoms with Gasteiger partial charge >= 0.3 is 0 Å². The van der Waals surface area contributed by atoms with Crippen LogP contribution in [-0.4, -0.2) is 54.0 Å². The van der Waals surface area contributed by atoms with Crippen molar-refractivity contribution >= 4 is 28.1 Å². The third kappa shape index (κ3) is 7.22. The zero-order valence-corrected chi connectivity index (χ0v) is 19.7. The van der Waals surface area contributed by atoms with Crippen LogP contribution >= 0.6 is 11.3 Å². The molecule has 1 saturated heterocycles. The highest BCUT2D eigenvalue weighted by Gasteiger charge is 2.25. The highest BCUT2D eigenvalue weighted by atomic mass is 32.2. The predicted molar refractivity (Wildman–Crippen MR) is 130 cm³/mol. The van der Waals surface area contributed by atoms with Gasteiger partial charge in [0.1, 0.15) is 0 Å². The minimum absolute atomic E-state index is 0.364. The highest BCUT2D eigenvalue weighted by Crippen LogP contribution is 2.29. The van der Waals surface area contributed by atoms with Crippen molar-refractivity contribution in [2.24, 2.45) is 10.9 Å². The third-order valence-electron chi connectivity index (χ3n) is 5.61. The number of piperidine rings is 1. The molecule has 0 radical (unpaired) electrons. The van der Waals surface area contributed by atoms with Crippen molar-refractivity contribution in [3.63, 3.8) is 0 Å². The number of aliphatic imine (C=N–C) groups is 1. The Morgan fingerprint density at radius 3 is 2.63 bits per heavy atom. The second kappa shape index (κ2) is 12.2. The smallest absolute Gasteiger partial charge is 0.191 e. The van der Waals surface area contributed by atoms with Crippen molar-refractivity contribution < 1.29 is 4.21 Å². The van der Waals surface area contributed by atoms with Gasteiger partial charge in [-0.1, -0.05) is 43.3 Å². The standard InChI is InChI=1S/C23H34N4OS2/c1-19-10-13-27(14-11-19)21(22-9-6-15-29-22)17-26-23(24-2)25-12-16-30(28)18-20-7-4-3-5-8-20/h3-9,15,19,21H,10-14,16-18H2,1-2H3,(H2,24,25,26). The Morgan fingerprint density at radius 1 is 1.20 bits per heavy atom. The molecule has 1 aliphatic rings. The average Bonchev–Trinajstić information content (AvgIpc) is 3.29. The summed E-state index contributed by atoms with van der Waals surface area (Å²) in [5.74, 6) is 2.80. The van der Waals surface area contributed by atoms with Gasteiger partial charge in [-0.2, -0.15) is 0 Å². The normalized spacial score (nSPS) is 18.1. The van der Waals surface area contributed by atoms with E-state index in [0.717, 1.165) is 37.1 Å². The molecule has 1 fully saturated rings. The lowest BCUT2D eigenvalue weighted by Gasteiger charge is -2.36. The summed E-state index contributed by atoms with van der Waals surface area (Å²) in [6, 6.07) is 14.7. The molecular formula is C23H34N4OS2. The van der Waals surface area contributed by atoms with E-state index < -0.39 is 10.8 Å². The summed E-state index contributed by atoms with van der Waals surface area (Å²) in [7, 11) is 0.905. The Balaban J connectivity index is 1.46. The number of guanidine groups is 1. The molecule has 30 heavy (non-hydrogen) atoms. The summed E-state index contributed by atoms with van der Waals surface area (Å²) < 4.78 is 12.3. The van der Waals surface area contributed by atoms with Gasteiger partial charge in [0, 0.05) is 47.3 Å². The molecule has 164 valence electrons. The monoisotopic (exact) mass is 446 g/mol. The van der Waals surface area contributed by atoms with Gasteiger partial charge in [-0.25, -0.2) is 0 Å². The van der Waals surface area contributed by atoms with Crippen LogP contribution in [0.25, 0.3) is 0 Å². The van der Waals surface area contributed by atoms with Gasteiger partial charge in [0.15, 0.2) is 5.96 Å². The van der Waals surface area contributed by atoms with Crippen molar-refractivity contribution in [2.45, 2.75) is 31.6 Å². The van der Waals surface area contributed by atoms with E-state index in [4.69, 9.17) is 0 Å². The van der Waals surface area contributed by atoms with Crippen molar-refractivity contribution in [3.8, 4) is 0 Å². The SMILES string of the molecule is CN=C(NCCS(=O)Cc1ccccc1)NCC(c1cccs1)N1CCC(C)CC1. The van der Waals surface area contributed by atoms with Gasteiger partial charge in [-0.05, 0) is 48.9 Å². The van der Waals surface area contributed by atoms with Crippen molar-refractivity contribution in [3.05, 3.63) is 58.3 Å². The third-order valence-corrected chi connectivity index (χ3v) is 7.90. The lowest BCUT2D eigenvalue weighted by Crippen LogP contribution is -2.45. The number of hydrogen-bond acceptors (Lipinski definition) is 4. The molecule has 0 saturated carbocycles. The van der Waals surface area contributed by atoms with Crippen LogP contribution in [0.4, 0.5) is 0 Å². The van der Waals surface area contributed by atoms with Crippen LogP contribution < -0.4 is 10.6 Å². The lowest BCUT2D eigenvalue weighted by molar-refractivity contribution is 0.140. The first-order chi connectivity index (χ1) is 14.7. The van der Waals surface area contributed by atoms with Gasteiger partial charge < -0.3 is 10.6 Å². The quantitative estimate of drug-likeness (QED) is 0.456. The molecule has 2 atom stereocenters. The molecule has 0 aliphatic carbocycles. The maximum Gasteiger partial charge on any atom is 0.191 e. The van der Waals surface area contributed by atoms with E-state index in [-0.39, 0.29) is 0 Å². The number of benzene rings is 1. The zero-order valence-electron chi connectivity index (χ0n) is 18.0. The second-order valence-electron chi connectivity index (χ2n) is 7.90. The summed E-state index contributed by atoms with van der Waals surface area (Å²) in [5.41, 5.74) is 1.12. The molecule has 2 N–H and O–H groups in total.